The summed E-state index contributed by atoms with van der Waals surface area (Å²) in [5.41, 5.74) is -5.81. The summed E-state index contributed by atoms with van der Waals surface area (Å²) in [6.45, 7) is 0. The molecule has 1 aliphatic rings. The number of halogens is 12. The molecule has 0 radical (unpaired) electrons. The van der Waals surface area contributed by atoms with Crippen molar-refractivity contribution < 1.29 is 62.6 Å². The van der Waals surface area contributed by atoms with E-state index in [1.165, 1.54) is 0 Å². The van der Waals surface area contributed by atoms with E-state index in [0.717, 1.165) is 18.3 Å². The zero-order valence-electron chi connectivity index (χ0n) is 16.9. The highest BCUT2D eigenvalue weighted by atomic mass is 35.5. The van der Waals surface area contributed by atoms with E-state index in [9.17, 15) is 53.1 Å². The van der Waals surface area contributed by atoms with E-state index in [0.29, 0.717) is 12.1 Å². The fraction of sp³-hybridized carbons (Fsp3) is 0.368. The Morgan fingerprint density at radius 3 is 2.14 bits per heavy atom. The first-order valence-corrected chi connectivity index (χ1v) is 9.65. The van der Waals surface area contributed by atoms with Crippen LogP contribution in [0.25, 0.3) is 0 Å². The number of carbonyl (C=O) groups is 1. The van der Waals surface area contributed by atoms with Gasteiger partial charge in [0.2, 0.25) is 0 Å². The molecule has 0 bridgehead atoms. The van der Waals surface area contributed by atoms with Crippen molar-refractivity contribution in [3.63, 3.8) is 0 Å². The minimum Gasteiger partial charge on any atom is -0.428 e. The van der Waals surface area contributed by atoms with Gasteiger partial charge in [-0.05, 0) is 29.8 Å². The summed E-state index contributed by atoms with van der Waals surface area (Å²) < 4.78 is 152. The molecule has 1 fully saturated rings. The van der Waals surface area contributed by atoms with Crippen molar-refractivity contribution >= 4 is 17.5 Å². The van der Waals surface area contributed by atoms with E-state index in [1.54, 1.807) is 5.32 Å². The van der Waals surface area contributed by atoms with Crippen LogP contribution in [-0.4, -0.2) is 47.5 Å². The van der Waals surface area contributed by atoms with Gasteiger partial charge in [-0.2, -0.15) is 43.9 Å². The molecule has 17 heteroatoms. The van der Waals surface area contributed by atoms with Gasteiger partial charge in [-0.15, -0.1) is 0 Å². The number of nitrogens with one attached hydrogen (secondary N) is 1. The number of pyridine rings is 1. The van der Waals surface area contributed by atoms with Crippen LogP contribution in [0.15, 0.2) is 36.5 Å². The van der Waals surface area contributed by atoms with Crippen molar-refractivity contribution in [3.05, 3.63) is 58.6 Å². The second kappa shape index (κ2) is 9.21. The van der Waals surface area contributed by atoms with E-state index in [2.05, 4.69) is 14.5 Å². The number of ether oxygens (including phenoxy) is 2. The van der Waals surface area contributed by atoms with Crippen LogP contribution >= 0.6 is 11.6 Å². The third kappa shape index (κ3) is 5.28. The summed E-state index contributed by atoms with van der Waals surface area (Å²) in [5, 5.41) is 1.73. The van der Waals surface area contributed by atoms with Crippen molar-refractivity contribution in [3.8, 4) is 5.75 Å². The van der Waals surface area contributed by atoms with Gasteiger partial charge in [0.1, 0.15) is 11.6 Å². The lowest BCUT2D eigenvalue weighted by Crippen LogP contribution is -2.51. The van der Waals surface area contributed by atoms with Crippen molar-refractivity contribution in [2.45, 2.75) is 42.6 Å². The van der Waals surface area contributed by atoms with Gasteiger partial charge in [-0.25, -0.2) is 4.39 Å². The highest BCUT2D eigenvalue weighted by molar-refractivity contribution is 6.30. The highest BCUT2D eigenvalue weighted by Gasteiger charge is 2.88. The minimum atomic E-state index is -6.05. The molecule has 198 valence electrons. The maximum Gasteiger partial charge on any atom is 0.461 e. The molecule has 0 saturated carbocycles. The highest BCUT2D eigenvalue weighted by Crippen LogP contribution is 2.59. The molecule has 1 aliphatic heterocycles. The van der Waals surface area contributed by atoms with E-state index in [-0.39, 0.29) is 16.8 Å². The summed E-state index contributed by atoms with van der Waals surface area (Å²) in [6.07, 6.45) is -23.7. The Bertz CT molecular complexity index is 1110. The monoisotopic (exact) mass is 558 g/mol. The molecule has 1 N–H and O–H groups in total. The predicted octanol–water partition coefficient (Wildman–Crippen LogP) is 5.58. The Labute approximate surface area is 198 Å². The molecule has 0 spiro atoms. The Morgan fingerprint density at radius 2 is 1.67 bits per heavy atom. The first-order valence-electron chi connectivity index (χ1n) is 9.27. The molecule has 3 rings (SSSR count). The molecule has 1 aromatic heterocycles. The van der Waals surface area contributed by atoms with Gasteiger partial charge in [0.05, 0.1) is 16.8 Å². The van der Waals surface area contributed by atoms with E-state index >= 15 is 0 Å². The summed E-state index contributed by atoms with van der Waals surface area (Å²) in [7, 11) is 0. The number of nitrogens with zero attached hydrogens (tertiary/aromatic N) is 1. The van der Waals surface area contributed by atoms with Crippen LogP contribution in [0.1, 0.15) is 17.3 Å². The second-order valence-electron chi connectivity index (χ2n) is 7.26. The van der Waals surface area contributed by atoms with E-state index < -0.39 is 65.7 Å². The number of alkyl halides is 10. The zero-order valence-corrected chi connectivity index (χ0v) is 17.7. The first-order chi connectivity index (χ1) is 16.4. The summed E-state index contributed by atoms with van der Waals surface area (Å²) in [4.78, 5) is 16.1. The standard InChI is InChI=1S/C19H10ClF11N2O3/c20-8-1-2-11(32-6-8)12(7-3-9(21)5-10(4-7)35-17(24,25)15(22)23)33-14(34)13-16(36-13,18(26,27)28)19(29,30)31/h1-6,12-13,15H,(H,33,34)/t12-,13?/m0/s1. The molecule has 1 saturated heterocycles. The third-order valence-corrected chi connectivity index (χ3v) is 4.99. The largest absolute Gasteiger partial charge is 0.461 e. The van der Waals surface area contributed by atoms with E-state index in [4.69, 9.17) is 11.6 Å². The van der Waals surface area contributed by atoms with Crippen LogP contribution in [-0.2, 0) is 9.53 Å². The van der Waals surface area contributed by atoms with Crippen LogP contribution in [0.3, 0.4) is 0 Å². The Morgan fingerprint density at radius 1 is 1.06 bits per heavy atom. The summed E-state index contributed by atoms with van der Waals surface area (Å²) >= 11 is 5.66. The number of carbonyl (C=O) groups excluding carboxylic acids is 1. The lowest BCUT2D eigenvalue weighted by atomic mass is 10.00. The van der Waals surface area contributed by atoms with Crippen molar-refractivity contribution in [2.24, 2.45) is 0 Å². The van der Waals surface area contributed by atoms with Gasteiger partial charge in [0.25, 0.3) is 11.5 Å². The van der Waals surface area contributed by atoms with Crippen LogP contribution in [0.2, 0.25) is 5.02 Å². The molecular formula is C19H10ClF11N2O3. The van der Waals surface area contributed by atoms with Crippen molar-refractivity contribution in [2.75, 3.05) is 0 Å². The maximum absolute atomic E-state index is 14.1. The number of hydrogen-bond acceptors (Lipinski definition) is 4. The van der Waals surface area contributed by atoms with Gasteiger partial charge in [-0.1, -0.05) is 11.6 Å². The molecule has 1 amide bonds. The quantitative estimate of drug-likeness (QED) is 0.356. The zero-order chi connectivity index (χ0) is 27.3. The van der Waals surface area contributed by atoms with Gasteiger partial charge in [0, 0.05) is 12.3 Å². The van der Waals surface area contributed by atoms with Crippen LogP contribution in [0.5, 0.6) is 5.75 Å². The average Bonchev–Trinajstić information content (AvgIpc) is 3.49. The maximum atomic E-state index is 14.1. The number of aromatic nitrogens is 1. The lowest BCUT2D eigenvalue weighted by molar-refractivity contribution is -0.292. The number of benzene rings is 1. The van der Waals surface area contributed by atoms with Crippen LogP contribution < -0.4 is 10.1 Å². The normalized spacial score (nSPS) is 18.6. The molecule has 36 heavy (non-hydrogen) atoms. The van der Waals surface area contributed by atoms with Gasteiger partial charge in [-0.3, -0.25) is 9.78 Å². The first kappa shape index (κ1) is 27.7. The Kier molecular flexibility index (Phi) is 7.09. The molecule has 1 unspecified atom stereocenters. The fourth-order valence-corrected chi connectivity index (χ4v) is 3.21. The van der Waals surface area contributed by atoms with Gasteiger partial charge in [0.15, 0.2) is 6.10 Å². The molecule has 2 atom stereocenters. The molecule has 0 aliphatic carbocycles. The fourth-order valence-electron chi connectivity index (χ4n) is 3.10. The molecule has 2 aromatic rings. The summed E-state index contributed by atoms with van der Waals surface area (Å²) in [5.74, 6) is -4.58. The summed E-state index contributed by atoms with van der Waals surface area (Å²) in [6, 6.07) is 1.50. The number of epoxide rings is 1. The topological polar surface area (TPSA) is 63.8 Å². The lowest BCUT2D eigenvalue weighted by Gasteiger charge is -2.22. The average molecular weight is 559 g/mol. The number of amides is 1. The Hall–Kier alpha value is -2.88. The number of rotatable bonds is 7. The van der Waals surface area contributed by atoms with Crippen LogP contribution in [0, 0.1) is 5.82 Å². The molecular weight excluding hydrogens is 549 g/mol. The predicted molar refractivity (Wildman–Crippen MR) is 96.9 cm³/mol. The van der Waals surface area contributed by atoms with Gasteiger partial charge < -0.3 is 14.8 Å². The van der Waals surface area contributed by atoms with Crippen LogP contribution in [0.4, 0.5) is 48.3 Å². The van der Waals surface area contributed by atoms with E-state index in [1.807, 2.05) is 0 Å². The Balaban J connectivity index is 2.00. The molecule has 5 nitrogen and oxygen atoms in total. The van der Waals surface area contributed by atoms with Crippen molar-refractivity contribution in [1.82, 2.24) is 10.3 Å². The third-order valence-electron chi connectivity index (χ3n) is 4.76. The molecule has 1 aromatic carbocycles. The second-order valence-corrected chi connectivity index (χ2v) is 7.69. The molecule has 2 heterocycles. The SMILES string of the molecule is O=C(N[C@@H](c1cc(F)cc(OC(F)(F)C(F)F)c1)c1ccc(Cl)cn1)C1OC1(C(F)(F)F)C(F)(F)F. The van der Waals surface area contributed by atoms with Crippen molar-refractivity contribution in [1.29, 1.82) is 0 Å². The number of hydrogen-bond donors (Lipinski definition) is 1. The minimum absolute atomic E-state index is 0.0117. The smallest absolute Gasteiger partial charge is 0.428 e. The van der Waals surface area contributed by atoms with Gasteiger partial charge >= 0.3 is 24.9 Å².